The van der Waals surface area contributed by atoms with Crippen LogP contribution >= 0.6 is 15.9 Å². The van der Waals surface area contributed by atoms with Gasteiger partial charge in [-0.3, -0.25) is 9.80 Å². The van der Waals surface area contributed by atoms with Crippen LogP contribution in [-0.2, 0) is 6.54 Å². The topological polar surface area (TPSA) is 39.5 Å². The van der Waals surface area contributed by atoms with E-state index >= 15 is 0 Å². The number of rotatable bonds is 10. The average Bonchev–Trinajstić information content (AvgIpc) is 2.62. The van der Waals surface area contributed by atoms with E-state index in [1.165, 1.54) is 24.8 Å². The zero-order valence-corrected chi connectivity index (χ0v) is 16.9. The first-order valence-corrected chi connectivity index (χ1v) is 10.2. The van der Waals surface area contributed by atoms with Crippen LogP contribution in [0.3, 0.4) is 0 Å². The van der Waals surface area contributed by atoms with E-state index in [0.717, 1.165) is 62.5 Å². The quantitative estimate of drug-likeness (QED) is 0.537. The summed E-state index contributed by atoms with van der Waals surface area (Å²) in [5.41, 5.74) is 1.26. The van der Waals surface area contributed by atoms with Crippen molar-refractivity contribution in [1.29, 1.82) is 5.26 Å². The van der Waals surface area contributed by atoms with Crippen LogP contribution in [0.5, 0.6) is 5.75 Å². The Kier molecular flexibility index (Phi) is 9.31. The van der Waals surface area contributed by atoms with Crippen LogP contribution < -0.4 is 4.74 Å². The van der Waals surface area contributed by atoms with Crippen LogP contribution in [0, 0.1) is 11.3 Å². The van der Waals surface area contributed by atoms with Crippen LogP contribution in [0.2, 0.25) is 0 Å². The number of ether oxygens (including phenoxy) is 1. The van der Waals surface area contributed by atoms with Gasteiger partial charge in [0.1, 0.15) is 5.75 Å². The van der Waals surface area contributed by atoms with E-state index in [1.54, 1.807) is 0 Å². The van der Waals surface area contributed by atoms with Crippen molar-refractivity contribution in [1.82, 2.24) is 9.80 Å². The van der Waals surface area contributed by atoms with E-state index < -0.39 is 0 Å². The number of piperazine rings is 1. The van der Waals surface area contributed by atoms with Gasteiger partial charge in [-0.05, 0) is 24.6 Å². The third-order valence-corrected chi connectivity index (χ3v) is 5.17. The number of hydrogen-bond donors (Lipinski definition) is 0. The highest BCUT2D eigenvalue weighted by molar-refractivity contribution is 9.10. The van der Waals surface area contributed by atoms with Crippen molar-refractivity contribution in [3.05, 3.63) is 28.2 Å². The summed E-state index contributed by atoms with van der Waals surface area (Å²) in [6, 6.07) is 8.56. The van der Waals surface area contributed by atoms with Gasteiger partial charge < -0.3 is 4.74 Å². The molecule has 1 aliphatic rings. The zero-order valence-electron chi connectivity index (χ0n) is 15.3. The number of hydrogen-bond acceptors (Lipinski definition) is 4. The second-order valence-electron chi connectivity index (χ2n) is 6.69. The fraction of sp³-hybridized carbons (Fsp3) is 0.650. The Balaban J connectivity index is 1.84. The first kappa shape index (κ1) is 20.2. The number of halogens is 1. The van der Waals surface area contributed by atoms with Crippen LogP contribution in [0.15, 0.2) is 22.7 Å². The molecule has 0 atom stereocenters. The summed E-state index contributed by atoms with van der Waals surface area (Å²) in [6.07, 6.45) is 5.53. The molecule has 138 valence electrons. The van der Waals surface area contributed by atoms with Crippen molar-refractivity contribution in [2.75, 3.05) is 39.3 Å². The molecule has 0 amide bonds. The predicted octanol–water partition coefficient (Wildman–Crippen LogP) is 4.44. The lowest BCUT2D eigenvalue weighted by molar-refractivity contribution is 0.128. The Labute approximate surface area is 160 Å². The number of nitriles is 1. The molecule has 0 aromatic heterocycles. The maximum Gasteiger partial charge on any atom is 0.123 e. The summed E-state index contributed by atoms with van der Waals surface area (Å²) < 4.78 is 7.17. The monoisotopic (exact) mass is 407 g/mol. The van der Waals surface area contributed by atoms with E-state index in [2.05, 4.69) is 56.9 Å². The minimum absolute atomic E-state index is 0.627. The van der Waals surface area contributed by atoms with Crippen LogP contribution in [0.4, 0.5) is 0 Å². The van der Waals surface area contributed by atoms with E-state index in [0.29, 0.717) is 6.42 Å². The number of unbranched alkanes of at least 4 members (excludes halogenated alkanes) is 3. The molecule has 0 spiro atoms. The molecule has 0 N–H and O–H groups in total. The molecule has 0 radical (unpaired) electrons. The van der Waals surface area contributed by atoms with Crippen molar-refractivity contribution in [2.45, 2.75) is 45.6 Å². The Morgan fingerprint density at radius 1 is 1.12 bits per heavy atom. The van der Waals surface area contributed by atoms with Gasteiger partial charge in [0.25, 0.3) is 0 Å². The third-order valence-electron chi connectivity index (χ3n) is 4.68. The first-order valence-electron chi connectivity index (χ1n) is 9.46. The molecule has 5 heteroatoms. The molecule has 1 aliphatic heterocycles. The predicted molar refractivity (Wildman–Crippen MR) is 106 cm³/mol. The molecular formula is C20H30BrN3O. The van der Waals surface area contributed by atoms with Crippen molar-refractivity contribution in [3.63, 3.8) is 0 Å². The van der Waals surface area contributed by atoms with Crippen molar-refractivity contribution in [2.24, 2.45) is 0 Å². The lowest BCUT2D eigenvalue weighted by Gasteiger charge is -2.34. The standard InChI is InChI=1S/C20H30BrN3O/c1-2-3-4-5-15-25-20-8-7-19(21)16-18(20)17-24-13-11-23(12-14-24)10-6-9-22/h7-8,16H,2-6,10-15,17H2,1H3. The molecular weight excluding hydrogens is 378 g/mol. The summed E-state index contributed by atoms with van der Waals surface area (Å²) in [6.45, 7) is 9.04. The maximum atomic E-state index is 8.71. The molecule has 1 saturated heterocycles. The van der Waals surface area contributed by atoms with Gasteiger partial charge in [-0.15, -0.1) is 0 Å². The Hall–Kier alpha value is -1.09. The maximum absolute atomic E-state index is 8.71. The van der Waals surface area contributed by atoms with Gasteiger partial charge in [-0.2, -0.15) is 5.26 Å². The molecule has 0 bridgehead atoms. The first-order chi connectivity index (χ1) is 12.2. The highest BCUT2D eigenvalue weighted by Gasteiger charge is 2.18. The van der Waals surface area contributed by atoms with Crippen LogP contribution in [0.25, 0.3) is 0 Å². The minimum atomic E-state index is 0.627. The van der Waals surface area contributed by atoms with Gasteiger partial charge >= 0.3 is 0 Å². The lowest BCUT2D eigenvalue weighted by Crippen LogP contribution is -2.46. The fourth-order valence-electron chi connectivity index (χ4n) is 3.14. The number of benzene rings is 1. The van der Waals surface area contributed by atoms with Gasteiger partial charge in [-0.1, -0.05) is 42.1 Å². The molecule has 0 unspecified atom stereocenters. The molecule has 25 heavy (non-hydrogen) atoms. The van der Waals surface area contributed by atoms with Gasteiger partial charge in [0.05, 0.1) is 12.7 Å². The summed E-state index contributed by atoms with van der Waals surface area (Å²) >= 11 is 3.59. The molecule has 1 aromatic carbocycles. The zero-order chi connectivity index (χ0) is 17.9. The van der Waals surface area contributed by atoms with Crippen LogP contribution in [-0.4, -0.2) is 49.1 Å². The molecule has 1 aromatic rings. The van der Waals surface area contributed by atoms with Crippen molar-refractivity contribution >= 4 is 15.9 Å². The SMILES string of the molecule is CCCCCCOc1ccc(Br)cc1CN1CCN(CCC#N)CC1. The second kappa shape index (κ2) is 11.5. The van der Waals surface area contributed by atoms with Crippen molar-refractivity contribution in [3.8, 4) is 11.8 Å². The molecule has 1 fully saturated rings. The smallest absolute Gasteiger partial charge is 0.123 e. The van der Waals surface area contributed by atoms with Crippen molar-refractivity contribution < 1.29 is 4.74 Å². The fourth-order valence-corrected chi connectivity index (χ4v) is 3.55. The largest absolute Gasteiger partial charge is 0.493 e. The Morgan fingerprint density at radius 3 is 2.60 bits per heavy atom. The van der Waals surface area contributed by atoms with Gasteiger partial charge in [0, 0.05) is 55.7 Å². The van der Waals surface area contributed by atoms with E-state index in [-0.39, 0.29) is 0 Å². The van der Waals surface area contributed by atoms with E-state index in [4.69, 9.17) is 10.00 Å². The van der Waals surface area contributed by atoms with Crippen LogP contribution in [0.1, 0.15) is 44.6 Å². The van der Waals surface area contributed by atoms with Gasteiger partial charge in [0.15, 0.2) is 0 Å². The molecule has 0 aliphatic carbocycles. The minimum Gasteiger partial charge on any atom is -0.493 e. The molecule has 2 rings (SSSR count). The lowest BCUT2D eigenvalue weighted by atomic mass is 10.1. The molecule has 1 heterocycles. The summed E-state index contributed by atoms with van der Waals surface area (Å²) in [5.74, 6) is 1.02. The van der Waals surface area contributed by atoms with E-state index in [1.807, 2.05) is 0 Å². The number of nitrogens with zero attached hydrogens (tertiary/aromatic N) is 3. The van der Waals surface area contributed by atoms with Gasteiger partial charge in [-0.25, -0.2) is 0 Å². The molecule has 4 nitrogen and oxygen atoms in total. The Bertz CT molecular complexity index is 550. The highest BCUT2D eigenvalue weighted by atomic mass is 79.9. The van der Waals surface area contributed by atoms with Gasteiger partial charge in [0.2, 0.25) is 0 Å². The molecule has 0 saturated carbocycles. The second-order valence-corrected chi connectivity index (χ2v) is 7.60. The normalized spacial score (nSPS) is 15.9. The average molecular weight is 408 g/mol. The summed E-state index contributed by atoms with van der Waals surface area (Å²) in [5, 5.41) is 8.71. The Morgan fingerprint density at radius 2 is 1.88 bits per heavy atom. The summed E-state index contributed by atoms with van der Waals surface area (Å²) in [4.78, 5) is 4.86. The summed E-state index contributed by atoms with van der Waals surface area (Å²) in [7, 11) is 0. The van der Waals surface area contributed by atoms with E-state index in [9.17, 15) is 0 Å². The third kappa shape index (κ3) is 7.35. The highest BCUT2D eigenvalue weighted by Crippen LogP contribution is 2.25.